The van der Waals surface area contributed by atoms with Crippen molar-refractivity contribution in [2.45, 2.75) is 40.0 Å². The number of carbonyl (C=O) groups excluding carboxylic acids is 1. The molecule has 0 spiro atoms. The van der Waals surface area contributed by atoms with Gasteiger partial charge in [-0.3, -0.25) is 4.79 Å². The van der Waals surface area contributed by atoms with Gasteiger partial charge in [-0.1, -0.05) is 45.4 Å². The predicted molar refractivity (Wildman–Crippen MR) is 151 cm³/mol. The van der Waals surface area contributed by atoms with E-state index >= 15 is 0 Å². The van der Waals surface area contributed by atoms with Crippen molar-refractivity contribution >= 4 is 74.3 Å². The first-order valence-electron chi connectivity index (χ1n) is 10.9. The summed E-state index contributed by atoms with van der Waals surface area (Å²) >= 11 is 4.54. The Morgan fingerprint density at radius 3 is 2.34 bits per heavy atom. The maximum absolute atomic E-state index is 13.6. The lowest BCUT2D eigenvalue weighted by atomic mass is 9.98. The maximum atomic E-state index is 13.6. The zero-order valence-corrected chi connectivity index (χ0v) is 23.9. The zero-order valence-electron chi connectivity index (χ0n) is 18.7. The summed E-state index contributed by atoms with van der Waals surface area (Å²) in [6.45, 7) is 10.0. The van der Waals surface area contributed by atoms with Crippen molar-refractivity contribution in [3.63, 3.8) is 0 Å². The van der Waals surface area contributed by atoms with Crippen LogP contribution >= 0.6 is 57.6 Å². The molecule has 1 aromatic heterocycles. The SMILES string of the molecule is CCCCc1oc2ccccc2c1C(=O)c1cc(I)c(OCCN(CC)CC)c(I)c1.Cl. The van der Waals surface area contributed by atoms with Crippen LogP contribution in [0.5, 0.6) is 5.75 Å². The van der Waals surface area contributed by atoms with E-state index in [-0.39, 0.29) is 18.2 Å². The number of nitrogens with zero attached hydrogens (tertiary/aromatic N) is 1. The zero-order chi connectivity index (χ0) is 22.4. The summed E-state index contributed by atoms with van der Waals surface area (Å²) in [6.07, 6.45) is 2.82. The van der Waals surface area contributed by atoms with Gasteiger partial charge in [-0.15, -0.1) is 12.4 Å². The number of hydrogen-bond donors (Lipinski definition) is 0. The summed E-state index contributed by atoms with van der Waals surface area (Å²) in [7, 11) is 0. The van der Waals surface area contributed by atoms with Crippen molar-refractivity contribution in [1.29, 1.82) is 0 Å². The third kappa shape index (κ3) is 6.39. The van der Waals surface area contributed by atoms with Crippen LogP contribution in [0.2, 0.25) is 0 Å². The number of fused-ring (bicyclic) bond motifs is 1. The Kier molecular flexibility index (Phi) is 11.3. The fourth-order valence-electron chi connectivity index (χ4n) is 3.65. The lowest BCUT2D eigenvalue weighted by Crippen LogP contribution is -2.28. The number of rotatable bonds is 11. The van der Waals surface area contributed by atoms with E-state index in [2.05, 4.69) is 70.9 Å². The minimum atomic E-state index is 0. The molecule has 1 heterocycles. The lowest BCUT2D eigenvalue weighted by Gasteiger charge is -2.19. The maximum Gasteiger partial charge on any atom is 0.197 e. The van der Waals surface area contributed by atoms with Crippen LogP contribution in [-0.4, -0.2) is 36.9 Å². The molecule has 2 aromatic carbocycles. The predicted octanol–water partition coefficient (Wildman–Crippen LogP) is 7.36. The average molecular weight is 682 g/mol. The minimum absolute atomic E-state index is 0. The molecular formula is C25H30ClI2NO3. The van der Waals surface area contributed by atoms with Crippen LogP contribution in [0.15, 0.2) is 40.8 Å². The number of halogens is 3. The van der Waals surface area contributed by atoms with Gasteiger partial charge >= 0.3 is 0 Å². The third-order valence-corrected chi connectivity index (χ3v) is 7.06. The molecule has 0 aliphatic rings. The van der Waals surface area contributed by atoms with Crippen LogP contribution in [0, 0.1) is 7.14 Å². The Labute approximate surface area is 224 Å². The number of ether oxygens (including phenoxy) is 1. The van der Waals surface area contributed by atoms with Crippen molar-refractivity contribution in [3.05, 3.63) is 60.4 Å². The molecular weight excluding hydrogens is 652 g/mol. The van der Waals surface area contributed by atoms with Gasteiger partial charge in [-0.05, 0) is 82.9 Å². The van der Waals surface area contributed by atoms with Crippen molar-refractivity contribution in [3.8, 4) is 5.75 Å². The van der Waals surface area contributed by atoms with Gasteiger partial charge in [0.2, 0.25) is 0 Å². The minimum Gasteiger partial charge on any atom is -0.490 e. The molecule has 0 N–H and O–H groups in total. The van der Waals surface area contributed by atoms with E-state index in [0.29, 0.717) is 17.7 Å². The van der Waals surface area contributed by atoms with E-state index in [1.54, 1.807) is 0 Å². The second-order valence-corrected chi connectivity index (χ2v) is 9.80. The van der Waals surface area contributed by atoms with Crippen molar-refractivity contribution in [2.24, 2.45) is 0 Å². The number of unbranched alkanes of at least 4 members (excludes halogenated alkanes) is 1. The number of aryl methyl sites for hydroxylation is 1. The molecule has 174 valence electrons. The summed E-state index contributed by atoms with van der Waals surface area (Å²) in [5.41, 5.74) is 2.15. The Hall–Kier alpha value is -0.840. The normalized spacial score (nSPS) is 11.1. The number of hydrogen-bond acceptors (Lipinski definition) is 4. The largest absolute Gasteiger partial charge is 0.490 e. The summed E-state index contributed by atoms with van der Waals surface area (Å²) in [6, 6.07) is 11.7. The fraction of sp³-hybridized carbons (Fsp3) is 0.400. The molecule has 0 atom stereocenters. The molecule has 0 unspecified atom stereocenters. The van der Waals surface area contributed by atoms with E-state index in [4.69, 9.17) is 9.15 Å². The number of furan rings is 1. The molecule has 0 bridgehead atoms. The molecule has 4 nitrogen and oxygen atoms in total. The molecule has 0 aliphatic heterocycles. The van der Waals surface area contributed by atoms with Gasteiger partial charge in [-0.25, -0.2) is 0 Å². The monoisotopic (exact) mass is 681 g/mol. The van der Waals surface area contributed by atoms with Gasteiger partial charge in [-0.2, -0.15) is 0 Å². The number of para-hydroxylation sites is 1. The van der Waals surface area contributed by atoms with Crippen molar-refractivity contribution in [1.82, 2.24) is 4.90 Å². The first kappa shape index (κ1) is 27.4. The number of likely N-dealkylation sites (N-methyl/N-ethyl adjacent to an activating group) is 1. The van der Waals surface area contributed by atoms with Gasteiger partial charge in [0.05, 0.1) is 12.7 Å². The Morgan fingerprint density at radius 1 is 1.06 bits per heavy atom. The Balaban J connectivity index is 0.00000363. The highest BCUT2D eigenvalue weighted by molar-refractivity contribution is 14.1. The van der Waals surface area contributed by atoms with E-state index in [1.807, 2.05) is 36.4 Å². The fourth-order valence-corrected chi connectivity index (χ4v) is 5.73. The van der Waals surface area contributed by atoms with E-state index in [9.17, 15) is 4.79 Å². The van der Waals surface area contributed by atoms with Crippen molar-refractivity contribution < 1.29 is 13.9 Å². The summed E-state index contributed by atoms with van der Waals surface area (Å²) in [4.78, 5) is 15.9. The number of benzene rings is 2. The second kappa shape index (κ2) is 13.2. The molecule has 0 saturated carbocycles. The Morgan fingerprint density at radius 2 is 1.72 bits per heavy atom. The molecule has 0 radical (unpaired) electrons. The Bertz CT molecular complexity index is 1020. The van der Waals surface area contributed by atoms with E-state index < -0.39 is 0 Å². The summed E-state index contributed by atoms with van der Waals surface area (Å²) in [5, 5.41) is 0.892. The highest BCUT2D eigenvalue weighted by Gasteiger charge is 2.23. The van der Waals surface area contributed by atoms with Crippen LogP contribution < -0.4 is 4.74 Å². The average Bonchev–Trinajstić information content (AvgIpc) is 3.14. The van der Waals surface area contributed by atoms with Crippen LogP contribution in [0.25, 0.3) is 11.0 Å². The molecule has 0 saturated heterocycles. The molecule has 3 rings (SSSR count). The quantitative estimate of drug-likeness (QED) is 0.157. The van der Waals surface area contributed by atoms with E-state index in [0.717, 1.165) is 68.5 Å². The third-order valence-electron chi connectivity index (χ3n) is 5.46. The highest BCUT2D eigenvalue weighted by atomic mass is 127. The molecule has 0 aliphatic carbocycles. The highest BCUT2D eigenvalue weighted by Crippen LogP contribution is 2.33. The van der Waals surface area contributed by atoms with E-state index in [1.165, 1.54) is 0 Å². The molecule has 0 amide bonds. The molecule has 32 heavy (non-hydrogen) atoms. The lowest BCUT2D eigenvalue weighted by molar-refractivity contribution is 0.103. The second-order valence-electron chi connectivity index (χ2n) is 7.47. The van der Waals surface area contributed by atoms with Crippen LogP contribution in [0.3, 0.4) is 0 Å². The topological polar surface area (TPSA) is 42.7 Å². The smallest absolute Gasteiger partial charge is 0.197 e. The van der Waals surface area contributed by atoms with Crippen LogP contribution in [0.4, 0.5) is 0 Å². The van der Waals surface area contributed by atoms with Crippen LogP contribution in [0.1, 0.15) is 55.3 Å². The van der Waals surface area contributed by atoms with Crippen molar-refractivity contribution in [2.75, 3.05) is 26.2 Å². The first-order chi connectivity index (χ1) is 15.0. The van der Waals surface area contributed by atoms with Crippen LogP contribution in [-0.2, 0) is 6.42 Å². The molecule has 3 aromatic rings. The summed E-state index contributed by atoms with van der Waals surface area (Å²) in [5.74, 6) is 1.66. The van der Waals surface area contributed by atoms with Gasteiger partial charge in [0.15, 0.2) is 5.78 Å². The van der Waals surface area contributed by atoms with Gasteiger partial charge in [0.1, 0.15) is 23.7 Å². The van der Waals surface area contributed by atoms with Gasteiger partial charge in [0, 0.05) is 23.9 Å². The number of ketones is 1. The van der Waals surface area contributed by atoms with Gasteiger partial charge < -0.3 is 14.1 Å². The summed E-state index contributed by atoms with van der Waals surface area (Å²) < 4.78 is 14.1. The van der Waals surface area contributed by atoms with Gasteiger partial charge in [0.25, 0.3) is 0 Å². The molecule has 7 heteroatoms. The standard InChI is InChI=1S/C25H29I2NO3.ClH/c1-4-7-11-22-23(18-10-8-9-12-21(18)31-22)24(29)17-15-19(26)25(20(27)16-17)30-14-13-28(5-2)6-3;/h8-10,12,15-16H,4-7,11,13-14H2,1-3H3;1H. The molecule has 0 fully saturated rings. The number of carbonyl (C=O) groups is 1. The first-order valence-corrected chi connectivity index (χ1v) is 13.0.